The van der Waals surface area contributed by atoms with Crippen molar-refractivity contribution in [2.45, 2.75) is 25.9 Å². The van der Waals surface area contributed by atoms with Crippen LogP contribution in [0.25, 0.3) is 0 Å². The van der Waals surface area contributed by atoms with Gasteiger partial charge in [-0.3, -0.25) is 0 Å². The average Bonchev–Trinajstić information content (AvgIpc) is 2.42. The van der Waals surface area contributed by atoms with E-state index in [9.17, 15) is 4.39 Å². The predicted octanol–water partition coefficient (Wildman–Crippen LogP) is 5.65. The predicted molar refractivity (Wildman–Crippen MR) is 85.5 cm³/mol. The maximum Gasteiger partial charge on any atom is 0.137 e. The zero-order valence-corrected chi connectivity index (χ0v) is 13.7. The van der Waals surface area contributed by atoms with Crippen molar-refractivity contribution in [2.75, 3.05) is 0 Å². The van der Waals surface area contributed by atoms with Crippen LogP contribution >= 0.6 is 27.5 Å². The van der Waals surface area contributed by atoms with Crippen molar-refractivity contribution in [1.82, 2.24) is 5.32 Å². The van der Waals surface area contributed by atoms with E-state index in [4.69, 9.17) is 11.6 Å². The average molecular weight is 357 g/mol. The lowest BCUT2D eigenvalue weighted by Gasteiger charge is -2.21. The van der Waals surface area contributed by atoms with Crippen LogP contribution in [-0.4, -0.2) is 0 Å². The first-order valence-corrected chi connectivity index (χ1v) is 7.61. The van der Waals surface area contributed by atoms with Gasteiger partial charge < -0.3 is 5.32 Å². The molecule has 0 aromatic heterocycles. The highest BCUT2D eigenvalue weighted by Crippen LogP contribution is 2.24. The summed E-state index contributed by atoms with van der Waals surface area (Å²) in [5, 5.41) is 4.23. The van der Waals surface area contributed by atoms with Gasteiger partial charge in [0.1, 0.15) is 5.82 Å². The van der Waals surface area contributed by atoms with Crippen molar-refractivity contribution in [3.05, 3.63) is 68.9 Å². The topological polar surface area (TPSA) is 12.0 Å². The number of hydrogen-bond donors (Lipinski definition) is 1. The molecule has 1 unspecified atom stereocenters. The van der Waals surface area contributed by atoms with E-state index in [1.807, 2.05) is 30.3 Å². The molecule has 20 heavy (non-hydrogen) atoms. The van der Waals surface area contributed by atoms with Crippen molar-refractivity contribution in [3.63, 3.8) is 0 Å². The third kappa shape index (κ3) is 3.81. The molecule has 0 amide bonds. The molecule has 0 saturated carbocycles. The van der Waals surface area contributed by atoms with Crippen LogP contribution in [0.2, 0.25) is 5.02 Å². The van der Waals surface area contributed by atoms with Gasteiger partial charge in [-0.05, 0) is 65.2 Å². The highest BCUT2D eigenvalue weighted by molar-refractivity contribution is 9.10. The van der Waals surface area contributed by atoms with Crippen molar-refractivity contribution in [3.8, 4) is 0 Å². The minimum absolute atomic E-state index is 0.123. The fraction of sp³-hybridized carbons (Fsp3) is 0.250. The molecule has 0 bridgehead atoms. The van der Waals surface area contributed by atoms with Crippen molar-refractivity contribution in [2.24, 2.45) is 0 Å². The SMILES string of the molecule is CC(N[C@@H](C)c1ccc(Cl)cc1)c1ccc(F)c(Br)c1. The fourth-order valence-corrected chi connectivity index (χ4v) is 2.62. The molecule has 2 aromatic carbocycles. The molecule has 0 radical (unpaired) electrons. The number of halogens is 3. The fourth-order valence-electron chi connectivity index (χ4n) is 2.10. The van der Waals surface area contributed by atoms with Crippen LogP contribution in [0.5, 0.6) is 0 Å². The number of benzene rings is 2. The Hall–Kier alpha value is -0.900. The minimum Gasteiger partial charge on any atom is -0.304 e. The van der Waals surface area contributed by atoms with Gasteiger partial charge in [-0.25, -0.2) is 4.39 Å². The van der Waals surface area contributed by atoms with Crippen molar-refractivity contribution in [1.29, 1.82) is 0 Å². The summed E-state index contributed by atoms with van der Waals surface area (Å²) in [7, 11) is 0. The van der Waals surface area contributed by atoms with E-state index >= 15 is 0 Å². The second-order valence-electron chi connectivity index (χ2n) is 4.84. The maximum absolute atomic E-state index is 13.2. The maximum atomic E-state index is 13.2. The summed E-state index contributed by atoms with van der Waals surface area (Å²) in [6.07, 6.45) is 0. The molecule has 0 aliphatic heterocycles. The Kier molecular flexibility index (Phi) is 5.19. The largest absolute Gasteiger partial charge is 0.304 e. The van der Waals surface area contributed by atoms with Gasteiger partial charge in [-0.1, -0.05) is 29.8 Å². The molecule has 106 valence electrons. The Labute approximate surface area is 132 Å². The molecule has 0 saturated heterocycles. The van der Waals surface area contributed by atoms with Crippen molar-refractivity contribution >= 4 is 27.5 Å². The molecular formula is C16H16BrClFN. The van der Waals surface area contributed by atoms with Crippen LogP contribution in [0.1, 0.15) is 37.1 Å². The second-order valence-corrected chi connectivity index (χ2v) is 6.13. The van der Waals surface area contributed by atoms with E-state index in [1.54, 1.807) is 6.07 Å². The Morgan fingerprint density at radius 3 is 2.15 bits per heavy atom. The van der Waals surface area contributed by atoms with E-state index in [0.717, 1.165) is 10.6 Å². The Morgan fingerprint density at radius 2 is 1.55 bits per heavy atom. The first-order valence-electron chi connectivity index (χ1n) is 6.44. The molecule has 0 aliphatic rings. The van der Waals surface area contributed by atoms with Gasteiger partial charge in [0.25, 0.3) is 0 Å². The van der Waals surface area contributed by atoms with E-state index in [-0.39, 0.29) is 17.9 Å². The Balaban J connectivity index is 2.08. The zero-order chi connectivity index (χ0) is 14.7. The Morgan fingerprint density at radius 1 is 1.00 bits per heavy atom. The zero-order valence-electron chi connectivity index (χ0n) is 11.3. The summed E-state index contributed by atoms with van der Waals surface area (Å²) in [5.41, 5.74) is 2.21. The lowest BCUT2D eigenvalue weighted by Crippen LogP contribution is -2.22. The van der Waals surface area contributed by atoms with Crippen LogP contribution in [0.4, 0.5) is 4.39 Å². The summed E-state index contributed by atoms with van der Waals surface area (Å²) in [4.78, 5) is 0. The van der Waals surface area contributed by atoms with E-state index in [1.165, 1.54) is 11.6 Å². The summed E-state index contributed by atoms with van der Waals surface area (Å²) in [5.74, 6) is -0.244. The van der Waals surface area contributed by atoms with Gasteiger partial charge in [-0.2, -0.15) is 0 Å². The molecule has 4 heteroatoms. The van der Waals surface area contributed by atoms with E-state index in [2.05, 4.69) is 35.1 Å². The van der Waals surface area contributed by atoms with E-state index in [0.29, 0.717) is 4.47 Å². The summed E-state index contributed by atoms with van der Waals surface area (Å²) in [6, 6.07) is 13.2. The highest BCUT2D eigenvalue weighted by Gasteiger charge is 2.12. The van der Waals surface area contributed by atoms with Crippen LogP contribution < -0.4 is 5.32 Å². The van der Waals surface area contributed by atoms with Gasteiger partial charge in [0.05, 0.1) is 4.47 Å². The smallest absolute Gasteiger partial charge is 0.137 e. The molecule has 0 fully saturated rings. The molecule has 0 aliphatic carbocycles. The molecule has 1 N–H and O–H groups in total. The number of nitrogens with one attached hydrogen (secondary N) is 1. The molecule has 2 aromatic rings. The first-order chi connectivity index (χ1) is 9.47. The van der Waals surface area contributed by atoms with Crippen LogP contribution in [0.15, 0.2) is 46.9 Å². The normalized spacial score (nSPS) is 14.1. The van der Waals surface area contributed by atoms with Gasteiger partial charge in [0.15, 0.2) is 0 Å². The summed E-state index contributed by atoms with van der Waals surface area (Å²) >= 11 is 9.11. The lowest BCUT2D eigenvalue weighted by molar-refractivity contribution is 0.493. The quantitative estimate of drug-likeness (QED) is 0.746. The van der Waals surface area contributed by atoms with Gasteiger partial charge in [0.2, 0.25) is 0 Å². The molecule has 0 spiro atoms. The van der Waals surface area contributed by atoms with E-state index < -0.39 is 0 Å². The Bertz CT molecular complexity index is 586. The van der Waals surface area contributed by atoms with Crippen LogP contribution in [0, 0.1) is 5.82 Å². The van der Waals surface area contributed by atoms with Crippen LogP contribution in [-0.2, 0) is 0 Å². The standard InChI is InChI=1S/C16H16BrClFN/c1-10(12-3-6-14(18)7-4-12)20-11(2)13-5-8-16(19)15(17)9-13/h3-11,20H,1-2H3/t10-,11?/m0/s1. The van der Waals surface area contributed by atoms with Crippen molar-refractivity contribution < 1.29 is 4.39 Å². The third-order valence-electron chi connectivity index (χ3n) is 3.31. The molecule has 0 heterocycles. The van der Waals surface area contributed by atoms with Gasteiger partial charge >= 0.3 is 0 Å². The molecular weight excluding hydrogens is 341 g/mol. The van der Waals surface area contributed by atoms with Crippen LogP contribution in [0.3, 0.4) is 0 Å². The first kappa shape index (κ1) is 15.5. The molecule has 2 rings (SSSR count). The number of hydrogen-bond acceptors (Lipinski definition) is 1. The number of rotatable bonds is 4. The third-order valence-corrected chi connectivity index (χ3v) is 4.17. The van der Waals surface area contributed by atoms with Gasteiger partial charge in [-0.15, -0.1) is 0 Å². The highest BCUT2D eigenvalue weighted by atomic mass is 79.9. The minimum atomic E-state index is -0.244. The lowest BCUT2D eigenvalue weighted by atomic mass is 10.0. The second kappa shape index (κ2) is 6.70. The van der Waals surface area contributed by atoms with Gasteiger partial charge in [0, 0.05) is 17.1 Å². The monoisotopic (exact) mass is 355 g/mol. The molecule has 1 nitrogen and oxygen atoms in total. The molecule has 2 atom stereocenters. The summed E-state index contributed by atoms with van der Waals surface area (Å²) < 4.78 is 13.7. The summed E-state index contributed by atoms with van der Waals surface area (Å²) in [6.45, 7) is 4.16.